The average molecular weight is 314 g/mol. The molecule has 0 saturated carbocycles. The van der Waals surface area contributed by atoms with Crippen molar-refractivity contribution < 1.29 is 8.42 Å². The Morgan fingerprint density at radius 2 is 2.19 bits per heavy atom. The van der Waals surface area contributed by atoms with Crippen LogP contribution in [0.5, 0.6) is 0 Å². The third-order valence-electron chi connectivity index (χ3n) is 4.02. The fourth-order valence-corrected chi connectivity index (χ4v) is 5.06. The second-order valence-corrected chi connectivity index (χ2v) is 8.05. The van der Waals surface area contributed by atoms with Crippen LogP contribution in [-0.2, 0) is 16.4 Å². The number of nitrogens with one attached hydrogen (secondary N) is 1. The molecule has 0 spiro atoms. The van der Waals surface area contributed by atoms with Gasteiger partial charge in [-0.3, -0.25) is 0 Å². The molecule has 0 bridgehead atoms. The third kappa shape index (κ3) is 3.83. The number of hydrogen-bond acceptors (Lipinski definition) is 5. The average Bonchev–Trinajstić information content (AvgIpc) is 2.89. The molecule has 1 saturated heterocycles. The molecule has 2 rings (SSSR count). The Labute approximate surface area is 127 Å². The summed E-state index contributed by atoms with van der Waals surface area (Å²) in [5.41, 5.74) is 0.903. The smallest absolute Gasteiger partial charge is 0.155 e. The van der Waals surface area contributed by atoms with Gasteiger partial charge >= 0.3 is 0 Å². The van der Waals surface area contributed by atoms with Crippen LogP contribution < -0.4 is 5.32 Å². The van der Waals surface area contributed by atoms with Crippen molar-refractivity contribution >= 4 is 9.84 Å². The van der Waals surface area contributed by atoms with Crippen molar-refractivity contribution in [3.63, 3.8) is 0 Å². The third-order valence-corrected chi connectivity index (χ3v) is 6.30. The SMILES string of the molecule is CCCNC(c1cnnn1CCC)C1CCCCS1(=O)=O. The normalized spacial score (nSPS) is 23.0. The Morgan fingerprint density at radius 3 is 2.86 bits per heavy atom. The molecular weight excluding hydrogens is 288 g/mol. The highest BCUT2D eigenvalue weighted by atomic mass is 32.2. The summed E-state index contributed by atoms with van der Waals surface area (Å²) in [5.74, 6) is 0.303. The first-order valence-corrected chi connectivity index (χ1v) is 9.65. The summed E-state index contributed by atoms with van der Waals surface area (Å²) in [6.45, 7) is 5.73. The molecule has 0 radical (unpaired) electrons. The van der Waals surface area contributed by atoms with E-state index in [9.17, 15) is 8.42 Å². The Kier molecular flexibility index (Phi) is 5.75. The van der Waals surface area contributed by atoms with Crippen LogP contribution in [0, 0.1) is 0 Å². The number of sulfone groups is 1. The van der Waals surface area contributed by atoms with Crippen LogP contribution in [0.25, 0.3) is 0 Å². The van der Waals surface area contributed by atoms with Gasteiger partial charge in [-0.1, -0.05) is 25.5 Å². The van der Waals surface area contributed by atoms with Crippen molar-refractivity contribution in [1.29, 1.82) is 0 Å². The molecule has 21 heavy (non-hydrogen) atoms. The molecule has 2 heterocycles. The molecule has 1 aromatic rings. The van der Waals surface area contributed by atoms with Crippen molar-refractivity contribution in [2.75, 3.05) is 12.3 Å². The van der Waals surface area contributed by atoms with Gasteiger partial charge in [0.15, 0.2) is 9.84 Å². The van der Waals surface area contributed by atoms with Crippen LogP contribution in [0.4, 0.5) is 0 Å². The number of rotatable bonds is 7. The summed E-state index contributed by atoms with van der Waals surface area (Å²) in [4.78, 5) is 0. The molecule has 1 N–H and O–H groups in total. The Balaban J connectivity index is 2.31. The van der Waals surface area contributed by atoms with Crippen molar-refractivity contribution in [1.82, 2.24) is 20.3 Å². The van der Waals surface area contributed by atoms with Crippen molar-refractivity contribution in [3.05, 3.63) is 11.9 Å². The lowest BCUT2D eigenvalue weighted by Gasteiger charge is -2.31. The van der Waals surface area contributed by atoms with Crippen LogP contribution in [-0.4, -0.2) is 41.0 Å². The second kappa shape index (κ2) is 7.35. The van der Waals surface area contributed by atoms with Gasteiger partial charge in [0, 0.05) is 6.54 Å². The van der Waals surface area contributed by atoms with Crippen molar-refractivity contribution in [2.45, 2.75) is 63.8 Å². The summed E-state index contributed by atoms with van der Waals surface area (Å²) in [5, 5.41) is 11.2. The summed E-state index contributed by atoms with van der Waals surface area (Å²) in [7, 11) is -3.04. The number of aryl methyl sites for hydroxylation is 1. The molecule has 1 aliphatic rings. The van der Waals surface area contributed by atoms with Crippen LogP contribution in [0.3, 0.4) is 0 Å². The van der Waals surface area contributed by atoms with Gasteiger partial charge in [-0.2, -0.15) is 0 Å². The molecule has 0 amide bonds. The van der Waals surface area contributed by atoms with Gasteiger partial charge in [0.1, 0.15) is 0 Å². The lowest BCUT2D eigenvalue weighted by molar-refractivity contribution is 0.416. The van der Waals surface area contributed by atoms with Gasteiger partial charge in [-0.05, 0) is 32.2 Å². The zero-order valence-electron chi connectivity index (χ0n) is 13.0. The van der Waals surface area contributed by atoms with E-state index < -0.39 is 9.84 Å². The van der Waals surface area contributed by atoms with Gasteiger partial charge in [-0.25, -0.2) is 13.1 Å². The highest BCUT2D eigenvalue weighted by molar-refractivity contribution is 7.92. The highest BCUT2D eigenvalue weighted by Gasteiger charge is 2.37. The Hall–Kier alpha value is -0.950. The minimum atomic E-state index is -3.04. The van der Waals surface area contributed by atoms with E-state index in [0.717, 1.165) is 50.9 Å². The van der Waals surface area contributed by atoms with E-state index in [0.29, 0.717) is 5.75 Å². The van der Waals surface area contributed by atoms with Gasteiger partial charge in [0.25, 0.3) is 0 Å². The standard InChI is InChI=1S/C14H26N4O2S/c1-3-8-15-14(12-11-16-17-18(12)9-4-2)13-7-5-6-10-21(13,19)20/h11,13-15H,3-10H2,1-2H3. The number of aromatic nitrogens is 3. The van der Waals surface area contributed by atoms with E-state index in [2.05, 4.69) is 29.5 Å². The highest BCUT2D eigenvalue weighted by Crippen LogP contribution is 2.30. The van der Waals surface area contributed by atoms with Crippen molar-refractivity contribution in [2.24, 2.45) is 0 Å². The molecule has 6 nitrogen and oxygen atoms in total. The number of nitrogens with zero attached hydrogens (tertiary/aromatic N) is 3. The first-order valence-electron chi connectivity index (χ1n) is 7.93. The maximum atomic E-state index is 12.5. The molecule has 120 valence electrons. The van der Waals surface area contributed by atoms with E-state index in [1.165, 1.54) is 0 Å². The van der Waals surface area contributed by atoms with Crippen LogP contribution in [0.1, 0.15) is 57.7 Å². The maximum absolute atomic E-state index is 12.5. The van der Waals surface area contributed by atoms with E-state index in [1.807, 2.05) is 4.68 Å². The van der Waals surface area contributed by atoms with E-state index in [-0.39, 0.29) is 11.3 Å². The van der Waals surface area contributed by atoms with Crippen LogP contribution in [0.15, 0.2) is 6.20 Å². The molecule has 0 aromatic carbocycles. The minimum absolute atomic E-state index is 0.197. The van der Waals surface area contributed by atoms with Gasteiger partial charge in [-0.15, -0.1) is 5.10 Å². The molecule has 2 unspecified atom stereocenters. The van der Waals surface area contributed by atoms with Crippen LogP contribution in [0.2, 0.25) is 0 Å². The monoisotopic (exact) mass is 314 g/mol. The lowest BCUT2D eigenvalue weighted by atomic mass is 10.0. The molecule has 7 heteroatoms. The van der Waals surface area contributed by atoms with Gasteiger partial charge in [0.05, 0.1) is 28.9 Å². The fourth-order valence-electron chi connectivity index (χ4n) is 2.97. The molecule has 1 aliphatic heterocycles. The summed E-state index contributed by atoms with van der Waals surface area (Å²) in [6, 6.07) is -0.197. The van der Waals surface area contributed by atoms with E-state index in [1.54, 1.807) is 6.20 Å². The first kappa shape index (κ1) is 16.4. The molecule has 0 aliphatic carbocycles. The second-order valence-electron chi connectivity index (χ2n) is 5.72. The van der Waals surface area contributed by atoms with Crippen LogP contribution >= 0.6 is 0 Å². The molecule has 1 aromatic heterocycles. The van der Waals surface area contributed by atoms with Gasteiger partial charge < -0.3 is 5.32 Å². The molecule has 1 fully saturated rings. The minimum Gasteiger partial charge on any atom is -0.308 e. The van der Waals surface area contributed by atoms with E-state index >= 15 is 0 Å². The Bertz CT molecular complexity index is 541. The predicted molar refractivity (Wildman–Crippen MR) is 82.8 cm³/mol. The lowest BCUT2D eigenvalue weighted by Crippen LogP contribution is -2.42. The summed E-state index contributed by atoms with van der Waals surface area (Å²) in [6.07, 6.45) is 6.12. The predicted octanol–water partition coefficient (Wildman–Crippen LogP) is 1.70. The Morgan fingerprint density at radius 1 is 1.38 bits per heavy atom. The first-order chi connectivity index (χ1) is 10.1. The quantitative estimate of drug-likeness (QED) is 0.829. The summed E-state index contributed by atoms with van der Waals surface area (Å²) < 4.78 is 26.8. The molecular formula is C14H26N4O2S. The summed E-state index contributed by atoms with van der Waals surface area (Å²) >= 11 is 0. The zero-order chi connectivity index (χ0) is 15.3. The largest absolute Gasteiger partial charge is 0.308 e. The molecule has 2 atom stereocenters. The fraction of sp³-hybridized carbons (Fsp3) is 0.857. The van der Waals surface area contributed by atoms with Gasteiger partial charge in [0.2, 0.25) is 0 Å². The number of hydrogen-bond donors (Lipinski definition) is 1. The zero-order valence-corrected chi connectivity index (χ0v) is 13.8. The topological polar surface area (TPSA) is 76.9 Å². The van der Waals surface area contributed by atoms with Crippen molar-refractivity contribution in [3.8, 4) is 0 Å². The maximum Gasteiger partial charge on any atom is 0.155 e. The van der Waals surface area contributed by atoms with E-state index in [4.69, 9.17) is 0 Å².